The number of anilines is 1. The zero-order valence-electron chi connectivity index (χ0n) is 21.2. The van der Waals surface area contributed by atoms with E-state index in [0.717, 1.165) is 11.1 Å². The fraction of sp³-hybridized carbons (Fsp3) is 0.391. The lowest BCUT2D eigenvalue weighted by Gasteiger charge is -2.09. The van der Waals surface area contributed by atoms with Gasteiger partial charge >= 0.3 is 6.09 Å². The van der Waals surface area contributed by atoms with E-state index in [4.69, 9.17) is 25.8 Å². The number of H-pyrrole nitrogens is 1. The van der Waals surface area contributed by atoms with Gasteiger partial charge in [-0.15, -0.1) is 0 Å². The van der Waals surface area contributed by atoms with Gasteiger partial charge in [-0.2, -0.15) is 15.5 Å². The fourth-order valence-electron chi connectivity index (χ4n) is 3.27. The molecule has 39 heavy (non-hydrogen) atoms. The molecule has 0 atom stereocenters. The zero-order chi connectivity index (χ0) is 27.9. The van der Waals surface area contributed by atoms with Crippen LogP contribution in [-0.2, 0) is 32.2 Å². The molecule has 3 aromatic rings. The number of ether oxygens (including phenoxy) is 3. The molecule has 0 radical (unpaired) electrons. The first-order valence-electron chi connectivity index (χ1n) is 12.1. The van der Waals surface area contributed by atoms with Crippen molar-refractivity contribution in [1.29, 1.82) is 0 Å². The van der Waals surface area contributed by atoms with Crippen LogP contribution >= 0.6 is 0 Å². The molecule has 0 fully saturated rings. The van der Waals surface area contributed by atoms with Crippen LogP contribution in [0, 0.1) is 0 Å². The van der Waals surface area contributed by atoms with Crippen molar-refractivity contribution in [2.75, 3.05) is 32.1 Å². The molecular formula is C23H32N10O6. The highest BCUT2D eigenvalue weighted by Crippen LogP contribution is 2.20. The van der Waals surface area contributed by atoms with Gasteiger partial charge in [0.15, 0.2) is 11.2 Å². The van der Waals surface area contributed by atoms with Crippen LogP contribution in [0.15, 0.2) is 30.6 Å². The van der Waals surface area contributed by atoms with Crippen LogP contribution in [0.5, 0.6) is 5.88 Å². The molecule has 16 heteroatoms. The molecule has 1 aromatic carbocycles. The minimum atomic E-state index is -0.722. The molecule has 16 nitrogen and oxygen atoms in total. The van der Waals surface area contributed by atoms with E-state index in [1.54, 1.807) is 0 Å². The highest BCUT2D eigenvalue weighted by atomic mass is 16.6. The predicted octanol–water partition coefficient (Wildman–Crippen LogP) is -0.462. The molecule has 0 aliphatic carbocycles. The lowest BCUT2D eigenvalue weighted by Crippen LogP contribution is -2.42. The Morgan fingerprint density at radius 1 is 0.949 bits per heavy atom. The Labute approximate surface area is 223 Å². The van der Waals surface area contributed by atoms with Crippen molar-refractivity contribution in [2.45, 2.75) is 32.4 Å². The molecule has 0 aliphatic heterocycles. The minimum absolute atomic E-state index is 0.0462. The highest BCUT2D eigenvalue weighted by Gasteiger charge is 2.10. The number of nitrogens with two attached hydrogens (primary N) is 2. The van der Waals surface area contributed by atoms with Gasteiger partial charge in [0.2, 0.25) is 23.6 Å². The summed E-state index contributed by atoms with van der Waals surface area (Å²) < 4.78 is 15.7. The Hall–Kier alpha value is -4.54. The summed E-state index contributed by atoms with van der Waals surface area (Å²) in [5.74, 6) is 4.96. The number of carbonyl (C=O) groups excluding carboxylic acids is 3. The van der Waals surface area contributed by atoms with E-state index in [-0.39, 0.29) is 57.0 Å². The third kappa shape index (κ3) is 10.4. The van der Waals surface area contributed by atoms with Gasteiger partial charge in [0.25, 0.3) is 0 Å². The number of imidazole rings is 1. The van der Waals surface area contributed by atoms with Crippen molar-refractivity contribution in [3.63, 3.8) is 0 Å². The molecule has 210 valence electrons. The van der Waals surface area contributed by atoms with Gasteiger partial charge in [0.1, 0.15) is 13.2 Å². The van der Waals surface area contributed by atoms with Crippen molar-refractivity contribution in [2.24, 2.45) is 5.84 Å². The summed E-state index contributed by atoms with van der Waals surface area (Å²) in [4.78, 5) is 50.1. The molecule has 0 unspecified atom stereocenters. The topological polar surface area (TPSA) is 234 Å². The van der Waals surface area contributed by atoms with Gasteiger partial charge in [0.05, 0.1) is 19.5 Å². The smallest absolute Gasteiger partial charge is 0.422 e. The fourth-order valence-corrected chi connectivity index (χ4v) is 3.27. The number of nitrogens with zero attached hydrogens (tertiary/aromatic N) is 3. The SMILES string of the molecule is NNNC(=O)OCCOCCNC(=O)CCCC(=O)NCc1ccc(COc2nc(N)nc3[nH]cnc23)cc1. The first-order valence-corrected chi connectivity index (χ1v) is 12.1. The Bertz CT molecular complexity index is 1220. The molecule has 0 bridgehead atoms. The zero-order valence-corrected chi connectivity index (χ0v) is 21.2. The Morgan fingerprint density at radius 3 is 2.46 bits per heavy atom. The van der Waals surface area contributed by atoms with Crippen LogP contribution < -0.4 is 37.9 Å². The maximum atomic E-state index is 12.1. The van der Waals surface area contributed by atoms with Gasteiger partial charge in [0, 0.05) is 25.9 Å². The Kier molecular flexibility index (Phi) is 11.6. The van der Waals surface area contributed by atoms with E-state index in [1.807, 2.05) is 35.2 Å². The molecule has 2 aromatic heterocycles. The lowest BCUT2D eigenvalue weighted by atomic mass is 10.1. The Morgan fingerprint density at radius 2 is 1.69 bits per heavy atom. The van der Waals surface area contributed by atoms with Gasteiger partial charge in [-0.05, 0) is 17.5 Å². The standard InChI is InChI=1S/C23H32N10O6/c24-22-30-20-19(28-14-29-20)21(31-22)39-13-16-6-4-15(5-7-16)12-27-18(35)3-1-2-17(34)26-8-9-37-10-11-38-23(36)32-33-25/h4-7,14,33H,1-3,8-13,25H2,(H,26,34)(H,27,35)(H,32,36)(H3,24,28,29,30,31). The molecule has 0 spiro atoms. The summed E-state index contributed by atoms with van der Waals surface area (Å²) in [7, 11) is 0. The number of aromatic nitrogens is 4. The minimum Gasteiger partial charge on any atom is -0.471 e. The molecule has 3 rings (SSSR count). The number of benzene rings is 1. The quantitative estimate of drug-likeness (QED) is 0.0689. The first kappa shape index (κ1) is 29.0. The second kappa shape index (κ2) is 15.7. The first-order chi connectivity index (χ1) is 18.9. The second-order valence-electron chi connectivity index (χ2n) is 8.09. The number of carbonyl (C=O) groups is 3. The average molecular weight is 545 g/mol. The summed E-state index contributed by atoms with van der Waals surface area (Å²) in [6, 6.07) is 7.58. The van der Waals surface area contributed by atoms with Crippen LogP contribution in [0.2, 0.25) is 0 Å². The van der Waals surface area contributed by atoms with Crippen molar-refractivity contribution >= 4 is 35.0 Å². The second-order valence-corrected chi connectivity index (χ2v) is 8.09. The number of aromatic amines is 1. The number of nitrogen functional groups attached to an aromatic ring is 1. The number of amides is 3. The number of hydrogen-bond acceptors (Lipinski definition) is 12. The predicted molar refractivity (Wildman–Crippen MR) is 138 cm³/mol. The van der Waals surface area contributed by atoms with Crippen molar-refractivity contribution in [3.05, 3.63) is 41.7 Å². The van der Waals surface area contributed by atoms with Crippen molar-refractivity contribution in [1.82, 2.24) is 41.5 Å². The molecule has 9 N–H and O–H groups in total. The maximum absolute atomic E-state index is 12.1. The van der Waals surface area contributed by atoms with Crippen LogP contribution in [0.3, 0.4) is 0 Å². The molecule has 2 heterocycles. The third-order valence-electron chi connectivity index (χ3n) is 5.16. The monoisotopic (exact) mass is 544 g/mol. The van der Waals surface area contributed by atoms with Gasteiger partial charge in [-0.25, -0.2) is 15.2 Å². The number of hydrazine groups is 2. The number of hydrogen-bond donors (Lipinski definition) is 7. The summed E-state index contributed by atoms with van der Waals surface area (Å²) in [6.07, 6.45) is 1.65. The van der Waals surface area contributed by atoms with Crippen LogP contribution in [-0.4, -0.2) is 64.2 Å². The average Bonchev–Trinajstić information content (AvgIpc) is 3.39. The van der Waals surface area contributed by atoms with E-state index in [0.29, 0.717) is 36.6 Å². The Balaban J connectivity index is 1.24. The normalized spacial score (nSPS) is 10.7. The molecule has 3 amide bonds. The van der Waals surface area contributed by atoms with E-state index in [9.17, 15) is 14.4 Å². The lowest BCUT2D eigenvalue weighted by molar-refractivity contribution is -0.122. The molecule has 0 saturated carbocycles. The molecule has 0 saturated heterocycles. The number of fused-ring (bicyclic) bond motifs is 1. The summed E-state index contributed by atoms with van der Waals surface area (Å²) >= 11 is 0. The van der Waals surface area contributed by atoms with Crippen molar-refractivity contribution < 1.29 is 28.6 Å². The summed E-state index contributed by atoms with van der Waals surface area (Å²) in [5, 5.41) is 5.54. The van der Waals surface area contributed by atoms with E-state index in [2.05, 4.69) is 30.6 Å². The largest absolute Gasteiger partial charge is 0.471 e. The number of rotatable bonds is 16. The van der Waals surface area contributed by atoms with Crippen molar-refractivity contribution in [3.8, 4) is 5.88 Å². The van der Waals surface area contributed by atoms with Crippen LogP contribution in [0.25, 0.3) is 11.2 Å². The van der Waals surface area contributed by atoms with E-state index >= 15 is 0 Å². The summed E-state index contributed by atoms with van der Waals surface area (Å²) in [6.45, 7) is 1.43. The van der Waals surface area contributed by atoms with Crippen LogP contribution in [0.1, 0.15) is 30.4 Å². The van der Waals surface area contributed by atoms with Gasteiger partial charge < -0.3 is 35.6 Å². The molecular weight excluding hydrogens is 512 g/mol. The highest BCUT2D eigenvalue weighted by molar-refractivity contribution is 5.79. The third-order valence-corrected chi connectivity index (χ3v) is 5.16. The maximum Gasteiger partial charge on any atom is 0.422 e. The number of nitrogens with one attached hydrogen (secondary N) is 5. The van der Waals surface area contributed by atoms with E-state index in [1.165, 1.54) is 6.33 Å². The van der Waals surface area contributed by atoms with E-state index < -0.39 is 6.09 Å². The molecule has 0 aliphatic rings. The van der Waals surface area contributed by atoms with Gasteiger partial charge in [-0.3, -0.25) is 15.4 Å². The summed E-state index contributed by atoms with van der Waals surface area (Å²) in [5.41, 5.74) is 12.5. The van der Waals surface area contributed by atoms with Gasteiger partial charge in [-0.1, -0.05) is 24.3 Å². The van der Waals surface area contributed by atoms with Crippen LogP contribution in [0.4, 0.5) is 10.7 Å².